The van der Waals surface area contributed by atoms with Gasteiger partial charge in [-0.25, -0.2) is 4.79 Å². The highest BCUT2D eigenvalue weighted by atomic mass is 32.1. The van der Waals surface area contributed by atoms with E-state index >= 15 is 0 Å². The van der Waals surface area contributed by atoms with Crippen molar-refractivity contribution in [2.45, 2.75) is 96.9 Å². The molecular weight excluding hydrogens is 436 g/mol. The minimum Gasteiger partial charge on any atom is -0.462 e. The molecule has 6 heteroatoms. The van der Waals surface area contributed by atoms with E-state index in [0.717, 1.165) is 47.6 Å². The molecule has 0 amide bonds. The van der Waals surface area contributed by atoms with E-state index in [4.69, 9.17) is 17.0 Å². The quantitative estimate of drug-likeness (QED) is 0.350. The summed E-state index contributed by atoms with van der Waals surface area (Å²) in [5, 5.41) is 8.81. The molecule has 4 saturated carbocycles. The Labute approximate surface area is 202 Å². The second-order valence-corrected chi connectivity index (χ2v) is 12.4. The summed E-state index contributed by atoms with van der Waals surface area (Å²) in [6, 6.07) is 0.432. The van der Waals surface area contributed by atoms with E-state index < -0.39 is 0 Å². The molecule has 1 unspecified atom stereocenters. The van der Waals surface area contributed by atoms with Crippen LogP contribution in [0.2, 0.25) is 0 Å². The van der Waals surface area contributed by atoms with Crippen molar-refractivity contribution in [3.63, 3.8) is 0 Å². The van der Waals surface area contributed by atoms with Gasteiger partial charge in [0.05, 0.1) is 12.2 Å². The molecule has 1 heterocycles. The molecule has 0 radical (unpaired) electrons. The Hall–Kier alpha value is -1.14. The standard InChI is InChI=1S/C26H38N2O2S2/c1-3-7-21(26-13-16-10-17(14-26)12-18(11-16)15-26)27-25(31)28-23-22(24(29)30-4-2)19-8-5-6-9-20(19)32-23/h16-18,21H,3-15H2,1-2H3,(H2,27,28,31). The van der Waals surface area contributed by atoms with Gasteiger partial charge in [-0.05, 0) is 119 Å². The second kappa shape index (κ2) is 9.25. The maximum atomic E-state index is 12.8. The molecule has 4 fully saturated rings. The highest BCUT2D eigenvalue weighted by Crippen LogP contribution is 2.61. The van der Waals surface area contributed by atoms with Gasteiger partial charge in [-0.15, -0.1) is 11.3 Å². The third-order valence-corrected chi connectivity index (χ3v) is 10.0. The van der Waals surface area contributed by atoms with Gasteiger partial charge < -0.3 is 15.4 Å². The first kappa shape index (κ1) is 22.6. The first-order valence-electron chi connectivity index (χ1n) is 12.9. The average molecular weight is 475 g/mol. The monoisotopic (exact) mass is 474 g/mol. The van der Waals surface area contributed by atoms with Crippen molar-refractivity contribution in [1.82, 2.24) is 5.32 Å². The van der Waals surface area contributed by atoms with Crippen LogP contribution in [0.25, 0.3) is 0 Å². The summed E-state index contributed by atoms with van der Waals surface area (Å²) in [5.41, 5.74) is 2.34. The zero-order valence-electron chi connectivity index (χ0n) is 19.6. The number of fused-ring (bicyclic) bond motifs is 1. The lowest BCUT2D eigenvalue weighted by atomic mass is 9.47. The van der Waals surface area contributed by atoms with E-state index in [1.54, 1.807) is 11.3 Å². The number of esters is 1. The molecule has 1 aromatic rings. The van der Waals surface area contributed by atoms with E-state index in [2.05, 4.69) is 17.6 Å². The molecule has 32 heavy (non-hydrogen) atoms. The Morgan fingerprint density at radius 3 is 2.41 bits per heavy atom. The number of rotatable bonds is 7. The van der Waals surface area contributed by atoms with Gasteiger partial charge in [-0.3, -0.25) is 0 Å². The van der Waals surface area contributed by atoms with Gasteiger partial charge in [-0.2, -0.15) is 0 Å². The van der Waals surface area contributed by atoms with Crippen molar-refractivity contribution < 1.29 is 9.53 Å². The van der Waals surface area contributed by atoms with Crippen LogP contribution in [0.4, 0.5) is 5.00 Å². The molecule has 1 aromatic heterocycles. The van der Waals surface area contributed by atoms with Crippen LogP contribution in [0.5, 0.6) is 0 Å². The van der Waals surface area contributed by atoms with Crippen LogP contribution in [0.1, 0.15) is 98.9 Å². The fourth-order valence-electron chi connectivity index (χ4n) is 7.80. The Kier molecular flexibility index (Phi) is 6.54. The molecule has 0 aromatic carbocycles. The highest BCUT2D eigenvalue weighted by Gasteiger charge is 2.54. The third kappa shape index (κ3) is 4.22. The average Bonchev–Trinajstić information content (AvgIpc) is 3.10. The molecule has 6 rings (SSSR count). The fraction of sp³-hybridized carbons (Fsp3) is 0.769. The fourth-order valence-corrected chi connectivity index (χ4v) is 9.39. The summed E-state index contributed by atoms with van der Waals surface area (Å²) < 4.78 is 5.42. The van der Waals surface area contributed by atoms with Gasteiger partial charge in [-0.1, -0.05) is 13.3 Å². The summed E-state index contributed by atoms with van der Waals surface area (Å²) in [5.74, 6) is 2.60. The van der Waals surface area contributed by atoms with Crippen molar-refractivity contribution in [2.75, 3.05) is 11.9 Å². The van der Waals surface area contributed by atoms with E-state index in [1.165, 1.54) is 68.2 Å². The van der Waals surface area contributed by atoms with Crippen LogP contribution in [0.3, 0.4) is 0 Å². The largest absolute Gasteiger partial charge is 0.462 e. The number of anilines is 1. The van der Waals surface area contributed by atoms with Crippen molar-refractivity contribution in [2.24, 2.45) is 23.2 Å². The van der Waals surface area contributed by atoms with E-state index in [1.807, 2.05) is 6.92 Å². The number of carbonyl (C=O) groups excluding carboxylic acids is 1. The van der Waals surface area contributed by atoms with E-state index in [-0.39, 0.29) is 5.97 Å². The SMILES string of the molecule is CCCC(NC(=S)Nc1sc2c(c1C(=O)OCC)CCCC2)C12CC3CC(CC(C3)C1)C2. The number of ether oxygens (including phenoxy) is 1. The minimum absolute atomic E-state index is 0.205. The first-order valence-corrected chi connectivity index (χ1v) is 14.1. The molecule has 2 N–H and O–H groups in total. The van der Waals surface area contributed by atoms with Gasteiger partial charge in [0.15, 0.2) is 5.11 Å². The Bertz CT molecular complexity index is 842. The van der Waals surface area contributed by atoms with Crippen LogP contribution >= 0.6 is 23.6 Å². The zero-order chi connectivity index (χ0) is 22.3. The maximum Gasteiger partial charge on any atom is 0.341 e. The molecule has 0 spiro atoms. The predicted octanol–water partition coefficient (Wildman–Crippen LogP) is 6.48. The molecule has 0 saturated heterocycles. The number of hydrogen-bond donors (Lipinski definition) is 2. The van der Waals surface area contributed by atoms with Crippen molar-refractivity contribution in [3.05, 3.63) is 16.0 Å². The lowest BCUT2D eigenvalue weighted by molar-refractivity contribution is -0.0718. The van der Waals surface area contributed by atoms with Crippen LogP contribution in [-0.2, 0) is 17.6 Å². The molecule has 4 nitrogen and oxygen atoms in total. The van der Waals surface area contributed by atoms with Crippen molar-refractivity contribution >= 4 is 39.6 Å². The molecule has 1 atom stereocenters. The van der Waals surface area contributed by atoms with Crippen LogP contribution in [0.15, 0.2) is 0 Å². The van der Waals surface area contributed by atoms with Crippen LogP contribution < -0.4 is 10.6 Å². The van der Waals surface area contributed by atoms with Crippen molar-refractivity contribution in [1.29, 1.82) is 0 Å². The molecule has 176 valence electrons. The highest BCUT2D eigenvalue weighted by molar-refractivity contribution is 7.80. The lowest BCUT2D eigenvalue weighted by Gasteiger charge is -2.59. The van der Waals surface area contributed by atoms with Crippen molar-refractivity contribution in [3.8, 4) is 0 Å². The van der Waals surface area contributed by atoms with Crippen LogP contribution in [0, 0.1) is 23.2 Å². The number of aryl methyl sites for hydroxylation is 1. The molecule has 0 aliphatic heterocycles. The molecular formula is C26H38N2O2S2. The molecule has 4 bridgehead atoms. The minimum atomic E-state index is -0.205. The number of carbonyl (C=O) groups is 1. The number of hydrogen-bond acceptors (Lipinski definition) is 4. The summed E-state index contributed by atoms with van der Waals surface area (Å²) in [7, 11) is 0. The maximum absolute atomic E-state index is 12.8. The Balaban J connectivity index is 1.34. The zero-order valence-corrected chi connectivity index (χ0v) is 21.3. The van der Waals surface area contributed by atoms with Gasteiger partial charge in [0.1, 0.15) is 5.00 Å². The lowest BCUT2D eigenvalue weighted by Crippen LogP contribution is -2.57. The van der Waals surface area contributed by atoms with Gasteiger partial charge in [0, 0.05) is 10.9 Å². The number of nitrogens with one attached hydrogen (secondary N) is 2. The van der Waals surface area contributed by atoms with E-state index in [0.29, 0.717) is 23.2 Å². The summed E-state index contributed by atoms with van der Waals surface area (Å²) in [6.45, 7) is 4.56. The summed E-state index contributed by atoms with van der Waals surface area (Å²) >= 11 is 7.57. The second-order valence-electron chi connectivity index (χ2n) is 10.9. The van der Waals surface area contributed by atoms with Crippen LogP contribution in [-0.4, -0.2) is 23.7 Å². The third-order valence-electron chi connectivity index (χ3n) is 8.59. The summed E-state index contributed by atoms with van der Waals surface area (Å²) in [6.07, 6.45) is 15.2. The number of thiocarbonyl (C=S) groups is 1. The predicted molar refractivity (Wildman–Crippen MR) is 136 cm³/mol. The van der Waals surface area contributed by atoms with E-state index in [9.17, 15) is 4.79 Å². The molecule has 5 aliphatic rings. The Morgan fingerprint density at radius 2 is 1.78 bits per heavy atom. The first-order chi connectivity index (χ1) is 15.5. The molecule has 5 aliphatic carbocycles. The smallest absolute Gasteiger partial charge is 0.341 e. The van der Waals surface area contributed by atoms with Gasteiger partial charge in [0.2, 0.25) is 0 Å². The summed E-state index contributed by atoms with van der Waals surface area (Å²) in [4.78, 5) is 14.1. The normalized spacial score (nSPS) is 31.1. The Morgan fingerprint density at radius 1 is 1.12 bits per heavy atom. The van der Waals surface area contributed by atoms with Gasteiger partial charge >= 0.3 is 5.97 Å². The number of thiophene rings is 1. The van der Waals surface area contributed by atoms with Gasteiger partial charge in [0.25, 0.3) is 0 Å². The topological polar surface area (TPSA) is 50.4 Å².